The molecule has 3 aromatic heterocycles. The van der Waals surface area contributed by atoms with Gasteiger partial charge in [-0.1, -0.05) is 200 Å². The summed E-state index contributed by atoms with van der Waals surface area (Å²) >= 11 is 1.84. The number of benzene rings is 10. The first-order valence-electron chi connectivity index (χ1n) is 22.0. The minimum absolute atomic E-state index is 0.707. The first kappa shape index (κ1) is 37.3. The van der Waals surface area contributed by atoms with Gasteiger partial charge in [0.15, 0.2) is 5.82 Å². The van der Waals surface area contributed by atoms with E-state index < -0.39 is 0 Å². The van der Waals surface area contributed by atoms with Crippen LogP contribution in [-0.4, -0.2) is 15.0 Å². The van der Waals surface area contributed by atoms with Crippen LogP contribution >= 0.6 is 11.3 Å². The molecule has 0 radical (unpaired) electrons. The van der Waals surface area contributed by atoms with E-state index >= 15 is 0 Å². The van der Waals surface area contributed by atoms with Crippen LogP contribution in [0, 0.1) is 0 Å². The highest BCUT2D eigenvalue weighted by molar-refractivity contribution is 7.26. The second-order valence-corrected chi connectivity index (χ2v) is 17.7. The van der Waals surface area contributed by atoms with Gasteiger partial charge < -0.3 is 0 Å². The van der Waals surface area contributed by atoms with Crippen molar-refractivity contribution in [2.45, 2.75) is 0 Å². The minimum atomic E-state index is 0.707. The monoisotopic (exact) mass is 843 g/mol. The van der Waals surface area contributed by atoms with Gasteiger partial charge in [-0.3, -0.25) is 0 Å². The zero-order valence-corrected chi connectivity index (χ0v) is 35.9. The number of hydrogen-bond acceptors (Lipinski definition) is 4. The Labute approximate surface area is 379 Å². The Morgan fingerprint density at radius 3 is 1.54 bits per heavy atom. The van der Waals surface area contributed by atoms with E-state index in [1.807, 2.05) is 35.6 Å². The molecule has 10 aromatic carbocycles. The van der Waals surface area contributed by atoms with Crippen LogP contribution in [0.1, 0.15) is 0 Å². The van der Waals surface area contributed by atoms with Crippen molar-refractivity contribution in [3.05, 3.63) is 224 Å². The fourth-order valence-corrected chi connectivity index (χ4v) is 11.0. The number of hydrogen-bond donors (Lipinski definition) is 0. The third kappa shape index (κ3) is 6.30. The Morgan fingerprint density at radius 1 is 0.292 bits per heavy atom. The lowest BCUT2D eigenvalue weighted by Crippen LogP contribution is -1.96. The first-order valence-corrected chi connectivity index (χ1v) is 22.8. The Kier molecular flexibility index (Phi) is 8.71. The number of thiophene rings is 1. The van der Waals surface area contributed by atoms with Crippen molar-refractivity contribution < 1.29 is 0 Å². The van der Waals surface area contributed by atoms with Crippen LogP contribution in [0.25, 0.3) is 131 Å². The zero-order valence-electron chi connectivity index (χ0n) is 35.1. The molecule has 0 N–H and O–H groups in total. The number of fused-ring (bicyclic) bond motifs is 11. The molecule has 13 rings (SSSR count). The van der Waals surface area contributed by atoms with Crippen LogP contribution in [0.2, 0.25) is 0 Å². The minimum Gasteiger partial charge on any atom is -0.246 e. The van der Waals surface area contributed by atoms with Crippen LogP contribution in [0.5, 0.6) is 0 Å². The molecule has 4 heteroatoms. The predicted molar refractivity (Wildman–Crippen MR) is 275 cm³/mol. The molecule has 0 saturated heterocycles. The Balaban J connectivity index is 0.937. The molecular weight excluding hydrogens is 807 g/mol. The standard InChI is InChI=1S/C61H37N3S/c1-3-15-40(16-4-1)54-37-55(63-61(62-54)41-17-5-2-6-18-41)43-20-13-19-42(35-43)38-29-31-39(32-30-38)45-26-14-27-52-57-51-25-11-12-28-56(51)65-60(57)58(64-59(45)52)44-33-34-50-48-23-8-7-21-46(48)47-22-9-10-24-49(47)53(50)36-44/h1-37H. The SMILES string of the molecule is c1ccc(-c2cc(-c3cccc(-c4ccc(-c5cccc6c5nc(-c5ccc7c8ccccc8c8ccccc8c7c5)c5sc7ccccc7c56)cc4)c3)nc(-c3ccccc3)n2)cc1. The molecule has 0 atom stereocenters. The summed E-state index contributed by atoms with van der Waals surface area (Å²) in [5, 5.41) is 11.3. The highest BCUT2D eigenvalue weighted by Crippen LogP contribution is 2.46. The van der Waals surface area contributed by atoms with Crippen molar-refractivity contribution >= 4 is 74.7 Å². The third-order valence-corrected chi connectivity index (χ3v) is 14.0. The number of aromatic nitrogens is 3. The van der Waals surface area contributed by atoms with Crippen molar-refractivity contribution in [2.75, 3.05) is 0 Å². The second-order valence-electron chi connectivity index (χ2n) is 16.7. The summed E-state index contributed by atoms with van der Waals surface area (Å²) in [6, 6.07) is 80.2. The van der Waals surface area contributed by atoms with Gasteiger partial charge in [0.2, 0.25) is 0 Å². The molecule has 0 spiro atoms. The lowest BCUT2D eigenvalue weighted by molar-refractivity contribution is 1.18. The summed E-state index contributed by atoms with van der Waals surface area (Å²) in [7, 11) is 0. The average Bonchev–Trinajstić information content (AvgIpc) is 3.79. The van der Waals surface area contributed by atoms with E-state index in [2.05, 4.69) is 200 Å². The quantitative estimate of drug-likeness (QED) is 0.157. The van der Waals surface area contributed by atoms with Crippen molar-refractivity contribution in [2.24, 2.45) is 0 Å². The van der Waals surface area contributed by atoms with Crippen molar-refractivity contribution in [1.82, 2.24) is 15.0 Å². The largest absolute Gasteiger partial charge is 0.246 e. The van der Waals surface area contributed by atoms with Gasteiger partial charge in [0.25, 0.3) is 0 Å². The summed E-state index contributed by atoms with van der Waals surface area (Å²) in [5.41, 5.74) is 12.5. The molecule has 3 heterocycles. The molecule has 0 aliphatic rings. The van der Waals surface area contributed by atoms with E-state index in [0.29, 0.717) is 5.82 Å². The molecular formula is C61H37N3S. The normalized spacial score (nSPS) is 11.7. The van der Waals surface area contributed by atoms with E-state index in [-0.39, 0.29) is 0 Å². The maximum Gasteiger partial charge on any atom is 0.160 e. The van der Waals surface area contributed by atoms with Gasteiger partial charge in [0.1, 0.15) is 0 Å². The molecule has 0 aliphatic carbocycles. The Morgan fingerprint density at radius 2 is 0.815 bits per heavy atom. The summed E-state index contributed by atoms with van der Waals surface area (Å²) < 4.78 is 2.48. The van der Waals surface area contributed by atoms with E-state index in [0.717, 1.165) is 67.1 Å². The molecule has 0 unspecified atom stereocenters. The van der Waals surface area contributed by atoms with Gasteiger partial charge in [-0.05, 0) is 73.3 Å². The lowest BCUT2D eigenvalue weighted by atomic mass is 9.92. The topological polar surface area (TPSA) is 38.7 Å². The van der Waals surface area contributed by atoms with E-state index in [9.17, 15) is 0 Å². The van der Waals surface area contributed by atoms with Gasteiger partial charge in [-0.25, -0.2) is 15.0 Å². The molecule has 65 heavy (non-hydrogen) atoms. The van der Waals surface area contributed by atoms with Crippen molar-refractivity contribution in [1.29, 1.82) is 0 Å². The first-order chi connectivity index (χ1) is 32.2. The smallest absolute Gasteiger partial charge is 0.160 e. The predicted octanol–water partition coefficient (Wildman–Crippen LogP) is 16.9. The van der Waals surface area contributed by atoms with Crippen LogP contribution < -0.4 is 0 Å². The van der Waals surface area contributed by atoms with Crippen molar-refractivity contribution in [3.8, 4) is 67.4 Å². The van der Waals surface area contributed by atoms with Crippen LogP contribution in [-0.2, 0) is 0 Å². The Bertz CT molecular complexity index is 3890. The molecule has 0 amide bonds. The highest BCUT2D eigenvalue weighted by atomic mass is 32.1. The summed E-state index contributed by atoms with van der Waals surface area (Å²) in [6.45, 7) is 0. The highest BCUT2D eigenvalue weighted by Gasteiger charge is 2.20. The van der Waals surface area contributed by atoms with Gasteiger partial charge >= 0.3 is 0 Å². The molecule has 13 aromatic rings. The lowest BCUT2D eigenvalue weighted by Gasteiger charge is -2.14. The maximum atomic E-state index is 5.68. The molecule has 0 saturated carbocycles. The van der Waals surface area contributed by atoms with Crippen LogP contribution in [0.3, 0.4) is 0 Å². The number of nitrogens with zero attached hydrogens (tertiary/aromatic N) is 3. The zero-order chi connectivity index (χ0) is 42.8. The van der Waals surface area contributed by atoms with E-state index in [4.69, 9.17) is 15.0 Å². The molecule has 3 nitrogen and oxygen atoms in total. The average molecular weight is 844 g/mol. The fraction of sp³-hybridized carbons (Fsp3) is 0. The number of para-hydroxylation sites is 1. The molecule has 0 aliphatic heterocycles. The van der Waals surface area contributed by atoms with Crippen LogP contribution in [0.15, 0.2) is 224 Å². The molecule has 0 fully saturated rings. The summed E-state index contributed by atoms with van der Waals surface area (Å²) in [4.78, 5) is 15.8. The summed E-state index contributed by atoms with van der Waals surface area (Å²) in [5.74, 6) is 0.707. The van der Waals surface area contributed by atoms with Gasteiger partial charge in [-0.2, -0.15) is 0 Å². The van der Waals surface area contributed by atoms with Crippen molar-refractivity contribution in [3.63, 3.8) is 0 Å². The number of pyridine rings is 1. The van der Waals surface area contributed by atoms with Crippen LogP contribution in [0.4, 0.5) is 0 Å². The second kappa shape index (κ2) is 15.2. The number of rotatable bonds is 6. The molecule has 0 bridgehead atoms. The van der Waals surface area contributed by atoms with Gasteiger partial charge in [0, 0.05) is 48.7 Å². The fourth-order valence-electron chi connectivity index (χ4n) is 9.76. The van der Waals surface area contributed by atoms with E-state index in [1.165, 1.54) is 57.9 Å². The third-order valence-electron chi connectivity index (χ3n) is 12.9. The van der Waals surface area contributed by atoms with E-state index in [1.54, 1.807) is 0 Å². The van der Waals surface area contributed by atoms with Gasteiger partial charge in [0.05, 0.1) is 27.3 Å². The Hall–Kier alpha value is -8.31. The van der Waals surface area contributed by atoms with Gasteiger partial charge in [-0.15, -0.1) is 11.3 Å². The summed E-state index contributed by atoms with van der Waals surface area (Å²) in [6.07, 6.45) is 0. The molecule has 302 valence electrons. The maximum absolute atomic E-state index is 5.68.